The predicted octanol–water partition coefficient (Wildman–Crippen LogP) is 3.89. The Morgan fingerprint density at radius 2 is 1.70 bits per heavy atom. The van der Waals surface area contributed by atoms with Crippen molar-refractivity contribution in [2.75, 3.05) is 4.90 Å². The van der Waals surface area contributed by atoms with Crippen molar-refractivity contribution in [3.8, 4) is 11.5 Å². The van der Waals surface area contributed by atoms with Gasteiger partial charge in [0.05, 0.1) is 0 Å². The number of benzene rings is 2. The molecule has 0 saturated heterocycles. The molecule has 3 nitrogen and oxygen atoms in total. The Balaban J connectivity index is 1.88. The number of hydrogen-bond donors (Lipinski definition) is 2. The molecule has 1 fully saturated rings. The number of hydrogen-bond acceptors (Lipinski definition) is 3. The fraction of sp³-hybridized carbons (Fsp3) is 0.294. The summed E-state index contributed by atoms with van der Waals surface area (Å²) in [5, 5.41) is 19.5. The third-order valence-corrected chi connectivity index (χ3v) is 4.57. The van der Waals surface area contributed by atoms with E-state index in [1.54, 1.807) is 12.1 Å². The molecule has 0 bridgehead atoms. The first-order valence-electron chi connectivity index (χ1n) is 7.15. The maximum Gasteiger partial charge on any atom is 0.121 e. The van der Waals surface area contributed by atoms with Crippen LogP contribution in [0.25, 0.3) is 0 Å². The highest BCUT2D eigenvalue weighted by molar-refractivity contribution is 5.74. The van der Waals surface area contributed by atoms with Gasteiger partial charge in [0, 0.05) is 41.5 Å². The number of phenolic OH excluding ortho intramolecular Hbond substituents is 2. The summed E-state index contributed by atoms with van der Waals surface area (Å²) in [6.07, 6.45) is 3.63. The fourth-order valence-corrected chi connectivity index (χ4v) is 3.86. The molecule has 1 aliphatic carbocycles. The molecule has 4 rings (SSSR count). The molecule has 0 radical (unpaired) electrons. The van der Waals surface area contributed by atoms with Crippen LogP contribution in [0.4, 0.5) is 11.4 Å². The molecular formula is C17H17NO2. The molecule has 2 atom stereocenters. The highest BCUT2D eigenvalue weighted by Crippen LogP contribution is 2.52. The van der Waals surface area contributed by atoms with Gasteiger partial charge in [0.1, 0.15) is 11.5 Å². The number of nitrogens with zero attached hydrogens (tertiary/aromatic N) is 1. The lowest BCUT2D eigenvalue weighted by molar-refractivity contribution is 0.450. The molecule has 2 unspecified atom stereocenters. The van der Waals surface area contributed by atoms with E-state index in [4.69, 9.17) is 0 Å². The minimum atomic E-state index is 0.110. The van der Waals surface area contributed by atoms with E-state index in [2.05, 4.69) is 29.2 Å². The Kier molecular flexibility index (Phi) is 2.43. The van der Waals surface area contributed by atoms with Gasteiger partial charge in [-0.2, -0.15) is 0 Å². The van der Waals surface area contributed by atoms with Crippen LogP contribution < -0.4 is 4.90 Å². The van der Waals surface area contributed by atoms with Crippen LogP contribution in [-0.4, -0.2) is 16.3 Å². The molecule has 0 amide bonds. The molecule has 0 spiro atoms. The summed E-state index contributed by atoms with van der Waals surface area (Å²) in [4.78, 5) is 2.28. The number of rotatable bonds is 1. The Labute approximate surface area is 118 Å². The topological polar surface area (TPSA) is 43.7 Å². The maximum atomic E-state index is 9.76. The zero-order chi connectivity index (χ0) is 13.7. The van der Waals surface area contributed by atoms with Gasteiger partial charge in [-0.15, -0.1) is 0 Å². The monoisotopic (exact) mass is 267 g/mol. The Bertz CT molecular complexity index is 648. The highest BCUT2D eigenvalue weighted by atomic mass is 16.3. The van der Waals surface area contributed by atoms with E-state index in [9.17, 15) is 10.2 Å². The van der Waals surface area contributed by atoms with Crippen molar-refractivity contribution in [3.63, 3.8) is 0 Å². The molecule has 1 heterocycles. The molecule has 1 saturated carbocycles. The summed E-state index contributed by atoms with van der Waals surface area (Å²) in [6.45, 7) is 0. The van der Waals surface area contributed by atoms with Gasteiger partial charge in [0.25, 0.3) is 0 Å². The number of phenols is 2. The summed E-state index contributed by atoms with van der Waals surface area (Å²) < 4.78 is 0. The molecule has 3 heteroatoms. The second-order valence-corrected chi connectivity index (χ2v) is 5.74. The zero-order valence-corrected chi connectivity index (χ0v) is 11.2. The molecular weight excluding hydrogens is 250 g/mol. The third kappa shape index (κ3) is 1.59. The first-order valence-corrected chi connectivity index (χ1v) is 7.15. The van der Waals surface area contributed by atoms with Crippen LogP contribution >= 0.6 is 0 Å². The minimum Gasteiger partial charge on any atom is -0.508 e. The summed E-state index contributed by atoms with van der Waals surface area (Å²) in [6, 6.07) is 13.8. The lowest BCUT2D eigenvalue weighted by atomic mass is 9.98. The van der Waals surface area contributed by atoms with Gasteiger partial charge in [-0.25, -0.2) is 0 Å². The summed E-state index contributed by atoms with van der Waals surface area (Å²) >= 11 is 0. The average Bonchev–Trinajstić information content (AvgIpc) is 2.97. The molecule has 0 aromatic heterocycles. The van der Waals surface area contributed by atoms with Gasteiger partial charge < -0.3 is 15.1 Å². The number of fused-ring (bicyclic) bond motifs is 3. The van der Waals surface area contributed by atoms with Crippen molar-refractivity contribution in [1.82, 2.24) is 0 Å². The maximum absolute atomic E-state index is 9.76. The number of aromatic hydroxyl groups is 2. The number of anilines is 2. The van der Waals surface area contributed by atoms with E-state index in [0.717, 1.165) is 12.1 Å². The predicted molar refractivity (Wildman–Crippen MR) is 78.7 cm³/mol. The van der Waals surface area contributed by atoms with Crippen molar-refractivity contribution in [3.05, 3.63) is 48.0 Å². The Hall–Kier alpha value is -2.16. The quantitative estimate of drug-likeness (QED) is 0.824. The molecule has 2 N–H and O–H groups in total. The van der Waals surface area contributed by atoms with Crippen LogP contribution in [0, 0.1) is 0 Å². The SMILES string of the molecule is Oc1cc(O)cc(N2c3ccccc3C3CCCC32)c1. The summed E-state index contributed by atoms with van der Waals surface area (Å²) in [7, 11) is 0. The van der Waals surface area contributed by atoms with Crippen molar-refractivity contribution < 1.29 is 10.2 Å². The lowest BCUT2D eigenvalue weighted by Gasteiger charge is -2.27. The Morgan fingerprint density at radius 1 is 0.950 bits per heavy atom. The van der Waals surface area contributed by atoms with Crippen molar-refractivity contribution in [1.29, 1.82) is 0 Å². The fourth-order valence-electron chi connectivity index (χ4n) is 3.86. The summed E-state index contributed by atoms with van der Waals surface area (Å²) in [5.41, 5.74) is 3.49. The van der Waals surface area contributed by atoms with Gasteiger partial charge in [0.2, 0.25) is 0 Å². The van der Waals surface area contributed by atoms with Gasteiger partial charge in [0.15, 0.2) is 0 Å². The first-order chi connectivity index (χ1) is 9.74. The lowest BCUT2D eigenvalue weighted by Crippen LogP contribution is -2.26. The van der Waals surface area contributed by atoms with Crippen LogP contribution in [0.15, 0.2) is 42.5 Å². The van der Waals surface area contributed by atoms with E-state index in [-0.39, 0.29) is 11.5 Å². The summed E-state index contributed by atoms with van der Waals surface area (Å²) in [5.74, 6) is 0.800. The van der Waals surface area contributed by atoms with Crippen molar-refractivity contribution >= 4 is 11.4 Å². The van der Waals surface area contributed by atoms with Crippen LogP contribution in [0.5, 0.6) is 11.5 Å². The third-order valence-electron chi connectivity index (χ3n) is 4.57. The average molecular weight is 267 g/mol. The van der Waals surface area contributed by atoms with Gasteiger partial charge in [-0.3, -0.25) is 0 Å². The highest BCUT2D eigenvalue weighted by Gasteiger charge is 2.41. The minimum absolute atomic E-state index is 0.110. The van der Waals surface area contributed by atoms with E-state index in [0.29, 0.717) is 12.0 Å². The molecule has 1 aliphatic heterocycles. The Morgan fingerprint density at radius 3 is 2.50 bits per heavy atom. The first kappa shape index (κ1) is 11.6. The van der Waals surface area contributed by atoms with Gasteiger partial charge >= 0.3 is 0 Å². The van der Waals surface area contributed by atoms with E-state index in [1.165, 1.54) is 30.2 Å². The van der Waals surface area contributed by atoms with E-state index >= 15 is 0 Å². The van der Waals surface area contributed by atoms with Gasteiger partial charge in [-0.1, -0.05) is 24.6 Å². The zero-order valence-electron chi connectivity index (χ0n) is 11.2. The van der Waals surface area contributed by atoms with Crippen LogP contribution in [-0.2, 0) is 0 Å². The largest absolute Gasteiger partial charge is 0.508 e. The second-order valence-electron chi connectivity index (χ2n) is 5.74. The molecule has 102 valence electrons. The van der Waals surface area contributed by atoms with Crippen LogP contribution in [0.1, 0.15) is 30.7 Å². The standard InChI is InChI=1S/C17H17NO2/c19-12-8-11(9-13(20)10-12)18-16-6-2-1-4-14(16)15-5-3-7-17(15)18/h1-2,4,6,8-10,15,17,19-20H,3,5,7H2. The van der Waals surface area contributed by atoms with Crippen LogP contribution in [0.2, 0.25) is 0 Å². The smallest absolute Gasteiger partial charge is 0.121 e. The van der Waals surface area contributed by atoms with Crippen molar-refractivity contribution in [2.24, 2.45) is 0 Å². The van der Waals surface area contributed by atoms with Gasteiger partial charge in [-0.05, 0) is 24.5 Å². The molecule has 2 aromatic carbocycles. The van der Waals surface area contributed by atoms with E-state index in [1.807, 2.05) is 0 Å². The molecule has 20 heavy (non-hydrogen) atoms. The second kappa shape index (κ2) is 4.17. The number of para-hydroxylation sites is 1. The van der Waals surface area contributed by atoms with Crippen LogP contribution in [0.3, 0.4) is 0 Å². The van der Waals surface area contributed by atoms with E-state index < -0.39 is 0 Å². The molecule has 2 aliphatic rings. The normalized spacial score (nSPS) is 23.7. The molecule has 2 aromatic rings. The van der Waals surface area contributed by atoms with Crippen molar-refractivity contribution in [2.45, 2.75) is 31.2 Å².